The molecular weight excluding hydrogens is 325 g/mol. The van der Waals surface area contributed by atoms with Gasteiger partial charge in [0.2, 0.25) is 0 Å². The minimum atomic E-state index is -4.32. The van der Waals surface area contributed by atoms with Crippen LogP contribution < -0.4 is 11.1 Å². The van der Waals surface area contributed by atoms with Crippen LogP contribution in [0.1, 0.15) is 12.0 Å². The summed E-state index contributed by atoms with van der Waals surface area (Å²) in [5.41, 5.74) is 5.23. The van der Waals surface area contributed by atoms with Gasteiger partial charge in [-0.2, -0.15) is 13.2 Å². The maximum absolute atomic E-state index is 12.5. The quantitative estimate of drug-likeness (QED) is 0.749. The lowest BCUT2D eigenvalue weighted by molar-refractivity contribution is -0.137. The molecule has 0 aromatic heterocycles. The van der Waals surface area contributed by atoms with Gasteiger partial charge in [-0.3, -0.25) is 0 Å². The van der Waals surface area contributed by atoms with Crippen LogP contribution in [0.15, 0.2) is 22.7 Å². The number of alkyl halides is 3. The molecule has 3 nitrogen and oxygen atoms in total. The van der Waals surface area contributed by atoms with Crippen molar-refractivity contribution in [3.05, 3.63) is 28.2 Å². The molecular formula is C12H16BrF3N2O. The van der Waals surface area contributed by atoms with Crippen molar-refractivity contribution in [3.8, 4) is 0 Å². The summed E-state index contributed by atoms with van der Waals surface area (Å²) in [6, 6.07) is 3.53. The third kappa shape index (κ3) is 5.80. The lowest BCUT2D eigenvalue weighted by Gasteiger charge is -2.12. The van der Waals surface area contributed by atoms with Gasteiger partial charge < -0.3 is 15.8 Å². The summed E-state index contributed by atoms with van der Waals surface area (Å²) in [6.07, 6.45) is -3.56. The fourth-order valence-corrected chi connectivity index (χ4v) is 1.94. The molecule has 0 amide bonds. The molecule has 0 radical (unpaired) electrons. The molecule has 0 atom stereocenters. The molecule has 0 heterocycles. The zero-order chi connectivity index (χ0) is 14.3. The topological polar surface area (TPSA) is 47.3 Å². The van der Waals surface area contributed by atoms with Gasteiger partial charge in [-0.15, -0.1) is 0 Å². The molecule has 0 unspecified atom stereocenters. The molecule has 0 spiro atoms. The lowest BCUT2D eigenvalue weighted by Crippen LogP contribution is -2.12. The van der Waals surface area contributed by atoms with E-state index < -0.39 is 11.7 Å². The third-order valence-corrected chi connectivity index (χ3v) is 3.00. The highest BCUT2D eigenvalue weighted by Gasteiger charge is 2.30. The molecule has 0 saturated carbocycles. The number of nitrogens with two attached hydrogens (primary N) is 1. The summed E-state index contributed by atoms with van der Waals surface area (Å²) < 4.78 is 43.0. The van der Waals surface area contributed by atoms with Crippen LogP contribution in [0.5, 0.6) is 0 Å². The minimum Gasteiger partial charge on any atom is -0.384 e. The van der Waals surface area contributed by atoms with E-state index in [2.05, 4.69) is 21.2 Å². The molecule has 0 aliphatic rings. The standard InChI is InChI=1S/C12H16BrF3N2O/c13-10-8-9(12(14,15)16)2-3-11(10)18-5-1-6-19-7-4-17/h2-3,8,18H,1,4-7,17H2. The highest BCUT2D eigenvalue weighted by molar-refractivity contribution is 9.10. The Bertz CT molecular complexity index is 399. The van der Waals surface area contributed by atoms with Crippen LogP contribution >= 0.6 is 15.9 Å². The van der Waals surface area contributed by atoms with Gasteiger partial charge in [0.15, 0.2) is 0 Å². The van der Waals surface area contributed by atoms with Crippen molar-refractivity contribution in [2.24, 2.45) is 5.73 Å². The molecule has 0 bridgehead atoms. The number of hydrogen-bond donors (Lipinski definition) is 2. The SMILES string of the molecule is NCCOCCCNc1ccc(C(F)(F)F)cc1Br. The number of hydrogen-bond acceptors (Lipinski definition) is 3. The molecule has 0 aliphatic carbocycles. The van der Waals surface area contributed by atoms with Crippen LogP contribution in [0.4, 0.5) is 18.9 Å². The Balaban J connectivity index is 2.43. The van der Waals surface area contributed by atoms with Crippen molar-refractivity contribution in [1.82, 2.24) is 0 Å². The van der Waals surface area contributed by atoms with E-state index in [1.165, 1.54) is 6.07 Å². The second kappa shape index (κ2) is 7.72. The normalized spacial score (nSPS) is 11.6. The number of nitrogens with one attached hydrogen (secondary N) is 1. The maximum Gasteiger partial charge on any atom is 0.416 e. The van der Waals surface area contributed by atoms with E-state index in [0.717, 1.165) is 18.6 Å². The Hall–Kier alpha value is -0.790. The third-order valence-electron chi connectivity index (χ3n) is 2.34. The first kappa shape index (κ1) is 16.3. The Morgan fingerprint density at radius 3 is 2.58 bits per heavy atom. The van der Waals surface area contributed by atoms with Crippen LogP contribution in [0.2, 0.25) is 0 Å². The van der Waals surface area contributed by atoms with Crippen molar-refractivity contribution >= 4 is 21.6 Å². The number of rotatable bonds is 7. The molecule has 0 fully saturated rings. The van der Waals surface area contributed by atoms with Gasteiger partial charge in [-0.1, -0.05) is 0 Å². The molecule has 1 aromatic carbocycles. The van der Waals surface area contributed by atoms with Gasteiger partial charge in [0.05, 0.1) is 12.2 Å². The smallest absolute Gasteiger partial charge is 0.384 e. The van der Waals surface area contributed by atoms with Gasteiger partial charge in [-0.25, -0.2) is 0 Å². The van der Waals surface area contributed by atoms with E-state index in [1.54, 1.807) is 0 Å². The Morgan fingerprint density at radius 1 is 1.26 bits per heavy atom. The fourth-order valence-electron chi connectivity index (χ4n) is 1.42. The number of halogens is 4. The molecule has 0 saturated heterocycles. The zero-order valence-corrected chi connectivity index (χ0v) is 11.9. The maximum atomic E-state index is 12.5. The van der Waals surface area contributed by atoms with Gasteiger partial charge >= 0.3 is 6.18 Å². The molecule has 0 aliphatic heterocycles. The summed E-state index contributed by atoms with van der Waals surface area (Å²) in [6.45, 7) is 2.19. The van der Waals surface area contributed by atoms with Gasteiger partial charge in [0.25, 0.3) is 0 Å². The number of ether oxygens (including phenoxy) is 1. The summed E-state index contributed by atoms with van der Waals surface area (Å²) >= 11 is 3.12. The van der Waals surface area contributed by atoms with Gasteiger partial charge in [-0.05, 0) is 40.5 Å². The molecule has 108 valence electrons. The van der Waals surface area contributed by atoms with Crippen molar-refractivity contribution in [3.63, 3.8) is 0 Å². The lowest BCUT2D eigenvalue weighted by atomic mass is 10.2. The van der Waals surface area contributed by atoms with Crippen molar-refractivity contribution in [1.29, 1.82) is 0 Å². The highest BCUT2D eigenvalue weighted by atomic mass is 79.9. The zero-order valence-electron chi connectivity index (χ0n) is 10.3. The first-order valence-corrected chi connectivity index (χ1v) is 6.63. The van der Waals surface area contributed by atoms with Crippen molar-refractivity contribution in [2.75, 3.05) is 31.6 Å². The first-order valence-electron chi connectivity index (χ1n) is 5.83. The minimum absolute atomic E-state index is 0.394. The van der Waals surface area contributed by atoms with E-state index in [4.69, 9.17) is 10.5 Å². The van der Waals surface area contributed by atoms with E-state index in [9.17, 15) is 13.2 Å². The Kier molecular flexibility index (Phi) is 6.60. The van der Waals surface area contributed by atoms with E-state index in [0.29, 0.717) is 36.5 Å². The molecule has 7 heteroatoms. The summed E-state index contributed by atoms with van der Waals surface area (Å²) in [5, 5.41) is 3.04. The van der Waals surface area contributed by atoms with Crippen LogP contribution in [-0.4, -0.2) is 26.3 Å². The van der Waals surface area contributed by atoms with E-state index in [1.807, 2.05) is 0 Å². The van der Waals surface area contributed by atoms with Crippen molar-refractivity contribution < 1.29 is 17.9 Å². The number of anilines is 1. The predicted octanol–water partition coefficient (Wildman–Crippen LogP) is 3.25. The van der Waals surface area contributed by atoms with Crippen LogP contribution in [0.25, 0.3) is 0 Å². The highest BCUT2D eigenvalue weighted by Crippen LogP contribution is 2.33. The van der Waals surface area contributed by atoms with Gasteiger partial charge in [0.1, 0.15) is 0 Å². The van der Waals surface area contributed by atoms with E-state index >= 15 is 0 Å². The second-order valence-corrected chi connectivity index (χ2v) is 4.73. The molecule has 19 heavy (non-hydrogen) atoms. The largest absolute Gasteiger partial charge is 0.416 e. The monoisotopic (exact) mass is 340 g/mol. The summed E-state index contributed by atoms with van der Waals surface area (Å²) in [4.78, 5) is 0. The second-order valence-electron chi connectivity index (χ2n) is 3.87. The molecule has 3 N–H and O–H groups in total. The fraction of sp³-hybridized carbons (Fsp3) is 0.500. The van der Waals surface area contributed by atoms with E-state index in [-0.39, 0.29) is 0 Å². The number of benzene rings is 1. The average molecular weight is 341 g/mol. The summed E-state index contributed by atoms with van der Waals surface area (Å²) in [7, 11) is 0. The summed E-state index contributed by atoms with van der Waals surface area (Å²) in [5.74, 6) is 0. The average Bonchev–Trinajstić information content (AvgIpc) is 2.34. The molecule has 1 aromatic rings. The Morgan fingerprint density at radius 2 is 2.00 bits per heavy atom. The Labute approximate surface area is 118 Å². The molecule has 1 rings (SSSR count). The predicted molar refractivity (Wildman–Crippen MR) is 72.1 cm³/mol. The van der Waals surface area contributed by atoms with Crippen molar-refractivity contribution in [2.45, 2.75) is 12.6 Å². The van der Waals surface area contributed by atoms with Crippen LogP contribution in [0, 0.1) is 0 Å². The van der Waals surface area contributed by atoms with Crippen LogP contribution in [0.3, 0.4) is 0 Å². The first-order chi connectivity index (χ1) is 8.95. The van der Waals surface area contributed by atoms with Crippen LogP contribution in [-0.2, 0) is 10.9 Å². The van der Waals surface area contributed by atoms with Gasteiger partial charge in [0, 0.05) is 29.9 Å².